The lowest BCUT2D eigenvalue weighted by Gasteiger charge is -2.23. The van der Waals surface area contributed by atoms with Crippen LogP contribution in [0.15, 0.2) is 23.8 Å². The number of carbonyl (C=O) groups excluding carboxylic acids is 2. The van der Waals surface area contributed by atoms with Crippen LogP contribution in [0, 0.1) is 11.8 Å². The van der Waals surface area contributed by atoms with Crippen molar-refractivity contribution in [3.05, 3.63) is 23.8 Å². The second-order valence-corrected chi connectivity index (χ2v) is 5.93. The summed E-state index contributed by atoms with van der Waals surface area (Å²) in [6.45, 7) is 8.52. The molecule has 0 fully saturated rings. The molecule has 1 N–H and O–H groups in total. The molecule has 0 unspecified atom stereocenters. The summed E-state index contributed by atoms with van der Waals surface area (Å²) in [5, 5.41) is 9.18. The van der Waals surface area contributed by atoms with E-state index < -0.39 is 24.0 Å². The number of esters is 1. The molecule has 5 heteroatoms. The standard InChI is InChI=1S/C17H24O5/c1-10-5-8-15(12(3)17(20)21)16(22-13(4)19)9-14(10)7-6-11(2)18/h9-10,15-16H,3,5-8H2,1-2,4H3,(H,20,21)/t10-,15+,16+/m0/s1. The van der Waals surface area contributed by atoms with E-state index in [1.54, 1.807) is 6.92 Å². The molecule has 0 aromatic carbocycles. The van der Waals surface area contributed by atoms with Crippen molar-refractivity contribution < 1.29 is 24.2 Å². The Morgan fingerprint density at radius 1 is 1.32 bits per heavy atom. The highest BCUT2D eigenvalue weighted by molar-refractivity contribution is 5.86. The lowest BCUT2D eigenvalue weighted by molar-refractivity contribution is -0.147. The number of ether oxygens (including phenoxy) is 1. The van der Waals surface area contributed by atoms with E-state index in [9.17, 15) is 19.5 Å². The van der Waals surface area contributed by atoms with Gasteiger partial charge in [0.15, 0.2) is 0 Å². The van der Waals surface area contributed by atoms with Gasteiger partial charge in [0.25, 0.3) is 0 Å². The Hall–Kier alpha value is -1.91. The van der Waals surface area contributed by atoms with Gasteiger partial charge in [0.05, 0.1) is 0 Å². The van der Waals surface area contributed by atoms with Crippen LogP contribution < -0.4 is 0 Å². The highest BCUT2D eigenvalue weighted by Crippen LogP contribution is 2.34. The zero-order valence-electron chi connectivity index (χ0n) is 13.4. The maximum Gasteiger partial charge on any atom is 0.331 e. The minimum absolute atomic E-state index is 0.0579. The average molecular weight is 308 g/mol. The number of carboxylic acids is 1. The van der Waals surface area contributed by atoms with Crippen LogP contribution in [0.5, 0.6) is 0 Å². The number of allylic oxidation sites excluding steroid dienone is 1. The molecule has 0 radical (unpaired) electrons. The van der Waals surface area contributed by atoms with Crippen molar-refractivity contribution in [2.24, 2.45) is 11.8 Å². The third-order valence-electron chi connectivity index (χ3n) is 4.11. The number of hydrogen-bond donors (Lipinski definition) is 1. The number of hydrogen-bond acceptors (Lipinski definition) is 4. The van der Waals surface area contributed by atoms with Crippen molar-refractivity contribution >= 4 is 17.7 Å². The van der Waals surface area contributed by atoms with Gasteiger partial charge in [-0.25, -0.2) is 4.79 Å². The lowest BCUT2D eigenvalue weighted by Crippen LogP contribution is -2.27. The Kier molecular flexibility index (Phi) is 6.53. The molecule has 122 valence electrons. The number of ketones is 1. The summed E-state index contributed by atoms with van der Waals surface area (Å²) in [5.74, 6) is -1.63. The van der Waals surface area contributed by atoms with E-state index in [1.807, 2.05) is 13.0 Å². The third kappa shape index (κ3) is 5.13. The van der Waals surface area contributed by atoms with Crippen molar-refractivity contribution in [1.82, 2.24) is 0 Å². The summed E-state index contributed by atoms with van der Waals surface area (Å²) >= 11 is 0. The highest BCUT2D eigenvalue weighted by Gasteiger charge is 2.32. The minimum atomic E-state index is -1.07. The fraction of sp³-hybridized carbons (Fsp3) is 0.588. The predicted octanol–water partition coefficient (Wildman–Crippen LogP) is 2.90. The molecule has 0 spiro atoms. The second-order valence-electron chi connectivity index (χ2n) is 5.93. The van der Waals surface area contributed by atoms with E-state index in [1.165, 1.54) is 6.92 Å². The number of carbonyl (C=O) groups is 3. The fourth-order valence-corrected chi connectivity index (χ4v) is 2.76. The Morgan fingerprint density at radius 3 is 2.45 bits per heavy atom. The number of Topliss-reactive ketones (excluding diaryl/α,β-unsaturated/α-hetero) is 1. The zero-order chi connectivity index (χ0) is 16.9. The Bertz CT molecular complexity index is 503. The SMILES string of the molecule is C=C(C(=O)O)[C@H]1CC[C@H](C)C(CCC(C)=O)=C[C@H]1OC(C)=O. The van der Waals surface area contributed by atoms with Crippen LogP contribution in [-0.4, -0.2) is 28.9 Å². The number of aliphatic carboxylic acids is 1. The average Bonchev–Trinajstić information content (AvgIpc) is 2.55. The summed E-state index contributed by atoms with van der Waals surface area (Å²) in [4.78, 5) is 33.7. The van der Waals surface area contributed by atoms with E-state index in [-0.39, 0.29) is 17.3 Å². The van der Waals surface area contributed by atoms with Crippen LogP contribution in [0.1, 0.15) is 46.5 Å². The zero-order valence-corrected chi connectivity index (χ0v) is 13.4. The molecule has 0 aliphatic heterocycles. The molecule has 5 nitrogen and oxygen atoms in total. The molecule has 0 aromatic rings. The van der Waals surface area contributed by atoms with E-state index in [0.29, 0.717) is 19.3 Å². The fourth-order valence-electron chi connectivity index (χ4n) is 2.76. The van der Waals surface area contributed by atoms with Gasteiger partial charge in [-0.3, -0.25) is 4.79 Å². The molecule has 1 rings (SSSR count). The Balaban J connectivity index is 3.06. The van der Waals surface area contributed by atoms with Gasteiger partial charge < -0.3 is 14.6 Å². The lowest BCUT2D eigenvalue weighted by atomic mass is 9.89. The molecular weight excluding hydrogens is 284 g/mol. The molecule has 0 amide bonds. The quantitative estimate of drug-likeness (QED) is 0.463. The van der Waals surface area contributed by atoms with Gasteiger partial charge in [0.1, 0.15) is 11.9 Å². The van der Waals surface area contributed by atoms with Crippen molar-refractivity contribution in [3.8, 4) is 0 Å². The van der Waals surface area contributed by atoms with Crippen LogP contribution in [0.4, 0.5) is 0 Å². The smallest absolute Gasteiger partial charge is 0.331 e. The molecule has 0 bridgehead atoms. The molecule has 0 aromatic heterocycles. The van der Waals surface area contributed by atoms with Crippen LogP contribution in [0.25, 0.3) is 0 Å². The Labute approximate surface area is 131 Å². The van der Waals surface area contributed by atoms with E-state index >= 15 is 0 Å². The number of carboxylic acid groups (broad SMARTS) is 1. The molecule has 3 atom stereocenters. The van der Waals surface area contributed by atoms with Gasteiger partial charge in [0, 0.05) is 24.8 Å². The first-order valence-electron chi connectivity index (χ1n) is 7.51. The van der Waals surface area contributed by atoms with Gasteiger partial charge in [0.2, 0.25) is 0 Å². The maximum absolute atomic E-state index is 11.3. The number of rotatable bonds is 6. The summed E-state index contributed by atoms with van der Waals surface area (Å²) in [5.41, 5.74) is 1.10. The molecule has 0 saturated heterocycles. The summed E-state index contributed by atoms with van der Waals surface area (Å²) in [7, 11) is 0. The molecule has 0 saturated carbocycles. The van der Waals surface area contributed by atoms with Gasteiger partial charge in [-0.1, -0.05) is 19.1 Å². The first-order valence-corrected chi connectivity index (χ1v) is 7.51. The summed E-state index contributed by atoms with van der Waals surface area (Å²) in [6, 6.07) is 0. The van der Waals surface area contributed by atoms with Crippen molar-refractivity contribution in [2.45, 2.75) is 52.6 Å². The first kappa shape index (κ1) is 18.1. The van der Waals surface area contributed by atoms with Crippen molar-refractivity contribution in [2.75, 3.05) is 0 Å². The first-order chi connectivity index (χ1) is 10.2. The van der Waals surface area contributed by atoms with E-state index in [2.05, 4.69) is 6.58 Å². The van der Waals surface area contributed by atoms with Gasteiger partial charge in [-0.05, 0) is 38.2 Å². The van der Waals surface area contributed by atoms with Gasteiger partial charge >= 0.3 is 11.9 Å². The van der Waals surface area contributed by atoms with E-state index in [0.717, 1.165) is 12.0 Å². The molecule has 1 aliphatic carbocycles. The second kappa shape index (κ2) is 7.92. The van der Waals surface area contributed by atoms with Crippen molar-refractivity contribution in [3.63, 3.8) is 0 Å². The largest absolute Gasteiger partial charge is 0.478 e. The highest BCUT2D eigenvalue weighted by atomic mass is 16.5. The molecule has 0 heterocycles. The van der Waals surface area contributed by atoms with Crippen molar-refractivity contribution in [1.29, 1.82) is 0 Å². The topological polar surface area (TPSA) is 80.7 Å². The maximum atomic E-state index is 11.3. The van der Waals surface area contributed by atoms with Crippen LogP contribution >= 0.6 is 0 Å². The normalized spacial score (nSPS) is 24.9. The summed E-state index contributed by atoms with van der Waals surface area (Å²) < 4.78 is 5.32. The molecule has 22 heavy (non-hydrogen) atoms. The molecule has 1 aliphatic rings. The minimum Gasteiger partial charge on any atom is -0.478 e. The van der Waals surface area contributed by atoms with Gasteiger partial charge in [-0.2, -0.15) is 0 Å². The predicted molar refractivity (Wildman–Crippen MR) is 82.2 cm³/mol. The molecular formula is C17H24O5. The summed E-state index contributed by atoms with van der Waals surface area (Å²) in [6.07, 6.45) is 3.60. The Morgan fingerprint density at radius 2 is 1.95 bits per heavy atom. The van der Waals surface area contributed by atoms with Crippen LogP contribution in [0.3, 0.4) is 0 Å². The third-order valence-corrected chi connectivity index (χ3v) is 4.11. The van der Waals surface area contributed by atoms with Crippen LogP contribution in [-0.2, 0) is 19.1 Å². The van der Waals surface area contributed by atoms with E-state index in [4.69, 9.17) is 4.74 Å². The van der Waals surface area contributed by atoms with Crippen LogP contribution in [0.2, 0.25) is 0 Å². The monoisotopic (exact) mass is 308 g/mol. The van der Waals surface area contributed by atoms with Gasteiger partial charge in [-0.15, -0.1) is 0 Å².